The summed E-state index contributed by atoms with van der Waals surface area (Å²) in [7, 11) is 1.44. The minimum Gasteiger partial charge on any atom is -0.495 e. The van der Waals surface area contributed by atoms with Gasteiger partial charge in [-0.1, -0.05) is 6.07 Å². The molecule has 0 spiro atoms. The van der Waals surface area contributed by atoms with Crippen LogP contribution in [0.2, 0.25) is 0 Å². The summed E-state index contributed by atoms with van der Waals surface area (Å²) in [6, 6.07) is 4.77. The molecule has 0 fully saturated rings. The van der Waals surface area contributed by atoms with Gasteiger partial charge in [-0.2, -0.15) is 0 Å². The zero-order valence-corrected chi connectivity index (χ0v) is 8.72. The van der Waals surface area contributed by atoms with E-state index in [1.807, 2.05) is 0 Å². The second-order valence-corrected chi connectivity index (χ2v) is 3.69. The monoisotopic (exact) mass is 227 g/mol. The minimum absolute atomic E-state index is 0.273. The predicted octanol–water partition coefficient (Wildman–Crippen LogP) is 1.98. The van der Waals surface area contributed by atoms with Crippen molar-refractivity contribution in [1.82, 2.24) is 0 Å². The molecule has 5 heteroatoms. The SMILES string of the molecule is COc1cccc2c1NC(CF)(CF)C2=O. The number of Topliss-reactive ketones (excluding diaryl/α,β-unsaturated/α-hetero) is 1. The molecule has 0 bridgehead atoms. The summed E-state index contributed by atoms with van der Waals surface area (Å²) in [4.78, 5) is 11.9. The first-order valence-corrected chi connectivity index (χ1v) is 4.80. The van der Waals surface area contributed by atoms with Gasteiger partial charge in [0.2, 0.25) is 0 Å². The van der Waals surface area contributed by atoms with Crippen LogP contribution in [-0.4, -0.2) is 31.8 Å². The highest BCUT2D eigenvalue weighted by molar-refractivity contribution is 6.14. The molecule has 3 nitrogen and oxygen atoms in total. The number of carbonyl (C=O) groups excluding carboxylic acids is 1. The van der Waals surface area contributed by atoms with Gasteiger partial charge in [0.25, 0.3) is 0 Å². The fourth-order valence-corrected chi connectivity index (χ4v) is 1.80. The van der Waals surface area contributed by atoms with Crippen LogP contribution in [0.25, 0.3) is 0 Å². The van der Waals surface area contributed by atoms with Gasteiger partial charge in [-0.3, -0.25) is 4.79 Å². The number of anilines is 1. The minimum atomic E-state index is -1.77. The number of halogens is 2. The van der Waals surface area contributed by atoms with Gasteiger partial charge in [-0.15, -0.1) is 0 Å². The first-order valence-electron chi connectivity index (χ1n) is 4.80. The number of methoxy groups -OCH3 is 1. The number of benzene rings is 1. The summed E-state index contributed by atoms with van der Waals surface area (Å²) < 4.78 is 30.7. The second-order valence-electron chi connectivity index (χ2n) is 3.69. The lowest BCUT2D eigenvalue weighted by Crippen LogP contribution is -2.46. The van der Waals surface area contributed by atoms with Crippen molar-refractivity contribution in [2.24, 2.45) is 0 Å². The van der Waals surface area contributed by atoms with Crippen LogP contribution in [0.15, 0.2) is 18.2 Å². The molecule has 0 unspecified atom stereocenters. The Balaban J connectivity index is 2.52. The van der Waals surface area contributed by atoms with E-state index >= 15 is 0 Å². The first-order chi connectivity index (χ1) is 7.68. The molecule has 0 atom stereocenters. The van der Waals surface area contributed by atoms with Crippen LogP contribution < -0.4 is 10.1 Å². The number of ether oxygens (including phenoxy) is 1. The van der Waals surface area contributed by atoms with Gasteiger partial charge < -0.3 is 10.1 Å². The van der Waals surface area contributed by atoms with Gasteiger partial charge >= 0.3 is 0 Å². The summed E-state index contributed by atoms with van der Waals surface area (Å²) in [5, 5.41) is 2.59. The molecule has 1 aromatic carbocycles. The van der Waals surface area contributed by atoms with E-state index in [1.54, 1.807) is 12.1 Å². The van der Waals surface area contributed by atoms with Gasteiger partial charge in [-0.05, 0) is 12.1 Å². The van der Waals surface area contributed by atoms with Crippen molar-refractivity contribution in [1.29, 1.82) is 0 Å². The Morgan fingerprint density at radius 2 is 2.06 bits per heavy atom. The highest BCUT2D eigenvalue weighted by atomic mass is 19.1. The summed E-state index contributed by atoms with van der Waals surface area (Å²) in [5.74, 6) is -0.152. The lowest BCUT2D eigenvalue weighted by Gasteiger charge is -2.20. The third-order valence-electron chi connectivity index (χ3n) is 2.75. The molecular weight excluding hydrogens is 216 g/mol. The average molecular weight is 227 g/mol. The van der Waals surface area contributed by atoms with E-state index in [1.165, 1.54) is 13.2 Å². The van der Waals surface area contributed by atoms with Crippen molar-refractivity contribution < 1.29 is 18.3 Å². The highest BCUT2D eigenvalue weighted by Gasteiger charge is 2.47. The number of rotatable bonds is 3. The molecular formula is C11H11F2NO2. The Morgan fingerprint density at radius 1 is 1.38 bits per heavy atom. The number of alkyl halides is 2. The van der Waals surface area contributed by atoms with Crippen molar-refractivity contribution in [2.45, 2.75) is 5.54 Å². The highest BCUT2D eigenvalue weighted by Crippen LogP contribution is 2.39. The molecule has 0 aliphatic carbocycles. The summed E-state index contributed by atoms with van der Waals surface area (Å²) >= 11 is 0. The third kappa shape index (κ3) is 1.27. The average Bonchev–Trinajstić information content (AvgIpc) is 2.63. The van der Waals surface area contributed by atoms with Crippen LogP contribution in [0, 0.1) is 0 Å². The van der Waals surface area contributed by atoms with E-state index in [0.717, 1.165) is 0 Å². The Kier molecular flexibility index (Phi) is 2.53. The molecule has 1 heterocycles. The Morgan fingerprint density at radius 3 is 2.62 bits per heavy atom. The van der Waals surface area contributed by atoms with Crippen LogP contribution >= 0.6 is 0 Å². The van der Waals surface area contributed by atoms with Crippen molar-refractivity contribution in [3.63, 3.8) is 0 Å². The van der Waals surface area contributed by atoms with E-state index in [2.05, 4.69) is 5.32 Å². The largest absolute Gasteiger partial charge is 0.495 e. The topological polar surface area (TPSA) is 38.3 Å². The quantitative estimate of drug-likeness (QED) is 0.858. The number of ketones is 1. The number of hydrogen-bond donors (Lipinski definition) is 1. The van der Waals surface area contributed by atoms with E-state index in [0.29, 0.717) is 11.4 Å². The van der Waals surface area contributed by atoms with Gasteiger partial charge in [0.15, 0.2) is 11.3 Å². The molecule has 1 aromatic rings. The molecule has 0 saturated heterocycles. The van der Waals surface area contributed by atoms with Crippen LogP contribution in [0.5, 0.6) is 5.75 Å². The Labute approximate surface area is 91.4 Å². The maximum atomic E-state index is 12.8. The van der Waals surface area contributed by atoms with Crippen molar-refractivity contribution >= 4 is 11.5 Å². The number of hydrogen-bond acceptors (Lipinski definition) is 3. The third-order valence-corrected chi connectivity index (χ3v) is 2.75. The maximum absolute atomic E-state index is 12.8. The molecule has 0 radical (unpaired) electrons. The van der Waals surface area contributed by atoms with E-state index < -0.39 is 24.7 Å². The van der Waals surface area contributed by atoms with E-state index in [-0.39, 0.29) is 5.56 Å². The lowest BCUT2D eigenvalue weighted by molar-refractivity contribution is 0.0871. The summed E-state index contributed by atoms with van der Waals surface area (Å²) in [6.07, 6.45) is 0. The Hall–Kier alpha value is -1.65. The van der Waals surface area contributed by atoms with Crippen LogP contribution in [-0.2, 0) is 0 Å². The Bertz CT molecular complexity index is 430. The molecule has 1 aliphatic rings. The van der Waals surface area contributed by atoms with Gasteiger partial charge in [0.05, 0.1) is 12.8 Å². The van der Waals surface area contributed by atoms with Gasteiger partial charge in [0, 0.05) is 5.56 Å². The first kappa shape index (κ1) is 10.9. The smallest absolute Gasteiger partial charge is 0.195 e. The standard InChI is InChI=1S/C11H11F2NO2/c1-16-8-4-2-3-7-9(8)14-11(5-12,6-13)10(7)15/h2-4,14H,5-6H2,1H3. The van der Waals surface area contributed by atoms with Crippen LogP contribution in [0.4, 0.5) is 14.5 Å². The normalized spacial score (nSPS) is 16.8. The molecule has 0 saturated carbocycles. The number of nitrogens with one attached hydrogen (secondary N) is 1. The zero-order valence-electron chi connectivity index (χ0n) is 8.72. The summed E-state index contributed by atoms with van der Waals surface area (Å²) in [6.45, 7) is -2.17. The molecule has 0 aromatic heterocycles. The number of fused-ring (bicyclic) bond motifs is 1. The molecule has 1 N–H and O–H groups in total. The molecule has 0 amide bonds. The molecule has 2 rings (SSSR count). The molecule has 86 valence electrons. The number of carbonyl (C=O) groups is 1. The van der Waals surface area contributed by atoms with Crippen molar-refractivity contribution in [2.75, 3.05) is 25.8 Å². The zero-order chi connectivity index (χ0) is 11.8. The molecule has 16 heavy (non-hydrogen) atoms. The fourth-order valence-electron chi connectivity index (χ4n) is 1.80. The maximum Gasteiger partial charge on any atom is 0.195 e. The fraction of sp³-hybridized carbons (Fsp3) is 0.364. The lowest BCUT2D eigenvalue weighted by atomic mass is 9.97. The summed E-state index contributed by atoms with van der Waals surface area (Å²) in [5.41, 5.74) is -1.13. The predicted molar refractivity (Wildman–Crippen MR) is 55.6 cm³/mol. The van der Waals surface area contributed by atoms with Crippen LogP contribution in [0.3, 0.4) is 0 Å². The van der Waals surface area contributed by atoms with Gasteiger partial charge in [-0.25, -0.2) is 8.78 Å². The van der Waals surface area contributed by atoms with Crippen molar-refractivity contribution in [3.8, 4) is 5.75 Å². The van der Waals surface area contributed by atoms with Gasteiger partial charge in [0.1, 0.15) is 19.1 Å². The van der Waals surface area contributed by atoms with E-state index in [4.69, 9.17) is 4.74 Å². The molecule has 1 aliphatic heterocycles. The van der Waals surface area contributed by atoms with Crippen molar-refractivity contribution in [3.05, 3.63) is 23.8 Å². The van der Waals surface area contributed by atoms with Crippen LogP contribution in [0.1, 0.15) is 10.4 Å². The van der Waals surface area contributed by atoms with E-state index in [9.17, 15) is 13.6 Å². The second kappa shape index (κ2) is 3.73. The number of para-hydroxylation sites is 1.